The van der Waals surface area contributed by atoms with Gasteiger partial charge in [0, 0.05) is 32.7 Å². The highest BCUT2D eigenvalue weighted by atomic mass is 127. The second-order valence-corrected chi connectivity index (χ2v) is 6.80. The molecule has 0 saturated carbocycles. The Morgan fingerprint density at radius 2 is 2.20 bits per heavy atom. The number of hydrogen-bond acceptors (Lipinski definition) is 4. The summed E-state index contributed by atoms with van der Waals surface area (Å²) in [5, 5.41) is 11.2. The predicted molar refractivity (Wildman–Crippen MR) is 114 cm³/mol. The third-order valence-electron chi connectivity index (χ3n) is 4.27. The summed E-state index contributed by atoms with van der Waals surface area (Å²) < 4.78 is 5.05. The minimum Gasteiger partial charge on any atom is -0.450 e. The van der Waals surface area contributed by atoms with Crippen LogP contribution < -0.4 is 10.6 Å². The summed E-state index contributed by atoms with van der Waals surface area (Å²) >= 11 is 1.73. The molecular formula is C17H29IN4O2S. The van der Waals surface area contributed by atoms with Crippen LogP contribution in [0, 0.1) is 0 Å². The fraction of sp³-hybridized carbons (Fsp3) is 0.647. The minimum absolute atomic E-state index is 0. The summed E-state index contributed by atoms with van der Waals surface area (Å²) in [4.78, 5) is 17.8. The highest BCUT2D eigenvalue weighted by Crippen LogP contribution is 2.17. The number of likely N-dealkylation sites (tertiary alicyclic amines) is 1. The van der Waals surface area contributed by atoms with E-state index in [1.807, 2.05) is 6.92 Å². The Labute approximate surface area is 171 Å². The first-order valence-corrected chi connectivity index (χ1v) is 9.49. The van der Waals surface area contributed by atoms with E-state index in [0.29, 0.717) is 18.6 Å². The van der Waals surface area contributed by atoms with Gasteiger partial charge in [-0.1, -0.05) is 6.92 Å². The van der Waals surface area contributed by atoms with Crippen LogP contribution in [0.3, 0.4) is 0 Å². The standard InChI is InChI=1S/C17H28N4O2S.HI/c1-4-23-17(22)21-8-5-15(6-9-21)20-16(18-3)19-11-13(2)14-7-10-24-12-14;/h7,10,12-13,15H,4-6,8-9,11H2,1-3H3,(H2,18,19,20);1H. The van der Waals surface area contributed by atoms with E-state index in [-0.39, 0.29) is 30.1 Å². The molecule has 2 heterocycles. The number of hydrogen-bond donors (Lipinski definition) is 2. The van der Waals surface area contributed by atoms with Gasteiger partial charge in [-0.05, 0) is 48.1 Å². The average Bonchev–Trinajstić information content (AvgIpc) is 3.13. The van der Waals surface area contributed by atoms with Gasteiger partial charge in [-0.2, -0.15) is 11.3 Å². The van der Waals surface area contributed by atoms with Gasteiger partial charge < -0.3 is 20.3 Å². The van der Waals surface area contributed by atoms with E-state index < -0.39 is 0 Å². The van der Waals surface area contributed by atoms with Crippen LogP contribution in [-0.2, 0) is 4.74 Å². The molecule has 1 aliphatic heterocycles. The average molecular weight is 480 g/mol. The Kier molecular flexibility index (Phi) is 10.2. The van der Waals surface area contributed by atoms with Crippen LogP contribution in [0.4, 0.5) is 4.79 Å². The van der Waals surface area contributed by atoms with Crippen LogP contribution in [0.5, 0.6) is 0 Å². The third-order valence-corrected chi connectivity index (χ3v) is 4.97. The summed E-state index contributed by atoms with van der Waals surface area (Å²) in [6.07, 6.45) is 1.60. The molecule has 142 valence electrons. The van der Waals surface area contributed by atoms with E-state index in [4.69, 9.17) is 4.74 Å². The molecule has 1 saturated heterocycles. The highest BCUT2D eigenvalue weighted by Gasteiger charge is 2.24. The maximum absolute atomic E-state index is 11.7. The summed E-state index contributed by atoms with van der Waals surface area (Å²) in [6, 6.07) is 2.50. The summed E-state index contributed by atoms with van der Waals surface area (Å²) in [5.74, 6) is 1.27. The second-order valence-electron chi connectivity index (χ2n) is 6.02. The fourth-order valence-electron chi connectivity index (χ4n) is 2.73. The molecule has 0 aliphatic carbocycles. The largest absolute Gasteiger partial charge is 0.450 e. The number of piperidine rings is 1. The number of rotatable bonds is 5. The molecule has 8 heteroatoms. The number of nitrogens with one attached hydrogen (secondary N) is 2. The van der Waals surface area contributed by atoms with Gasteiger partial charge >= 0.3 is 6.09 Å². The van der Waals surface area contributed by atoms with E-state index in [1.165, 1.54) is 5.56 Å². The van der Waals surface area contributed by atoms with Crippen molar-refractivity contribution in [1.29, 1.82) is 0 Å². The lowest BCUT2D eigenvalue weighted by Crippen LogP contribution is -2.50. The van der Waals surface area contributed by atoms with Crippen LogP contribution in [0.25, 0.3) is 0 Å². The van der Waals surface area contributed by atoms with E-state index in [9.17, 15) is 4.79 Å². The molecule has 0 radical (unpaired) electrons. The minimum atomic E-state index is -0.206. The van der Waals surface area contributed by atoms with Crippen molar-refractivity contribution in [2.75, 3.05) is 33.3 Å². The third kappa shape index (κ3) is 7.01. The topological polar surface area (TPSA) is 66.0 Å². The first-order chi connectivity index (χ1) is 11.6. The van der Waals surface area contributed by atoms with Crippen molar-refractivity contribution in [2.24, 2.45) is 4.99 Å². The second kappa shape index (κ2) is 11.6. The van der Waals surface area contributed by atoms with Crippen LogP contribution in [0.2, 0.25) is 0 Å². The molecule has 6 nitrogen and oxygen atoms in total. The number of guanidine groups is 1. The van der Waals surface area contributed by atoms with Gasteiger partial charge in [-0.3, -0.25) is 4.99 Å². The van der Waals surface area contributed by atoms with Gasteiger partial charge in [-0.15, -0.1) is 24.0 Å². The van der Waals surface area contributed by atoms with E-state index >= 15 is 0 Å². The molecule has 1 aliphatic rings. The molecule has 2 N–H and O–H groups in total. The first-order valence-electron chi connectivity index (χ1n) is 8.55. The van der Waals surface area contributed by atoms with Gasteiger partial charge in [0.2, 0.25) is 0 Å². The van der Waals surface area contributed by atoms with Crippen molar-refractivity contribution < 1.29 is 9.53 Å². The van der Waals surface area contributed by atoms with Gasteiger partial charge in [0.25, 0.3) is 0 Å². The van der Waals surface area contributed by atoms with Crippen LogP contribution >= 0.6 is 35.3 Å². The molecular weight excluding hydrogens is 451 g/mol. The fourth-order valence-corrected chi connectivity index (χ4v) is 3.51. The first kappa shape index (κ1) is 22.0. The number of carbonyl (C=O) groups is 1. The molecule has 1 fully saturated rings. The zero-order chi connectivity index (χ0) is 17.4. The van der Waals surface area contributed by atoms with Crippen molar-refractivity contribution in [3.8, 4) is 0 Å². The lowest BCUT2D eigenvalue weighted by molar-refractivity contribution is 0.0963. The predicted octanol–water partition coefficient (Wildman–Crippen LogP) is 3.26. The van der Waals surface area contributed by atoms with Crippen LogP contribution in [0.15, 0.2) is 21.8 Å². The molecule has 1 aromatic rings. The Bertz CT molecular complexity index is 531. The zero-order valence-electron chi connectivity index (χ0n) is 15.2. The number of thiophene rings is 1. The normalized spacial score (nSPS) is 16.8. The Balaban J connectivity index is 0.00000312. The Morgan fingerprint density at radius 3 is 2.76 bits per heavy atom. The van der Waals surface area contributed by atoms with E-state index in [2.05, 4.69) is 39.4 Å². The Morgan fingerprint density at radius 1 is 1.48 bits per heavy atom. The molecule has 2 rings (SSSR count). The number of aliphatic imine (C=N–C) groups is 1. The van der Waals surface area contributed by atoms with Gasteiger partial charge in [-0.25, -0.2) is 4.79 Å². The van der Waals surface area contributed by atoms with E-state index in [1.54, 1.807) is 23.3 Å². The van der Waals surface area contributed by atoms with Crippen molar-refractivity contribution in [2.45, 2.75) is 38.6 Å². The number of nitrogens with zero attached hydrogens (tertiary/aromatic N) is 2. The quantitative estimate of drug-likeness (QED) is 0.386. The number of amides is 1. The molecule has 1 unspecified atom stereocenters. The number of halogens is 1. The lowest BCUT2D eigenvalue weighted by atomic mass is 10.0. The number of carbonyl (C=O) groups excluding carboxylic acids is 1. The zero-order valence-corrected chi connectivity index (χ0v) is 18.3. The van der Waals surface area contributed by atoms with E-state index in [0.717, 1.165) is 38.4 Å². The SMILES string of the molecule is CCOC(=O)N1CCC(NC(=NC)NCC(C)c2ccsc2)CC1.I. The highest BCUT2D eigenvalue weighted by molar-refractivity contribution is 14.0. The van der Waals surface area contributed by atoms with Crippen molar-refractivity contribution in [1.82, 2.24) is 15.5 Å². The summed E-state index contributed by atoms with van der Waals surface area (Å²) in [5.41, 5.74) is 1.35. The van der Waals surface area contributed by atoms with Gasteiger partial charge in [0.1, 0.15) is 0 Å². The molecule has 1 atom stereocenters. The summed E-state index contributed by atoms with van der Waals surface area (Å²) in [6.45, 7) is 6.75. The molecule has 1 amide bonds. The maximum Gasteiger partial charge on any atom is 0.409 e. The summed E-state index contributed by atoms with van der Waals surface area (Å²) in [7, 11) is 1.79. The van der Waals surface area contributed by atoms with Crippen molar-refractivity contribution in [3.05, 3.63) is 22.4 Å². The maximum atomic E-state index is 11.7. The monoisotopic (exact) mass is 480 g/mol. The molecule has 25 heavy (non-hydrogen) atoms. The smallest absolute Gasteiger partial charge is 0.409 e. The lowest BCUT2D eigenvalue weighted by Gasteiger charge is -2.32. The number of ether oxygens (including phenoxy) is 1. The molecule has 0 bridgehead atoms. The van der Waals surface area contributed by atoms with Gasteiger partial charge in [0.05, 0.1) is 6.61 Å². The molecule has 1 aromatic heterocycles. The Hall–Kier alpha value is -1.03. The molecule has 0 spiro atoms. The molecule has 0 aromatic carbocycles. The van der Waals surface area contributed by atoms with Crippen LogP contribution in [-0.4, -0.2) is 56.3 Å². The van der Waals surface area contributed by atoms with Crippen LogP contribution in [0.1, 0.15) is 38.2 Å². The van der Waals surface area contributed by atoms with Crippen molar-refractivity contribution >= 4 is 47.4 Å². The van der Waals surface area contributed by atoms with Gasteiger partial charge in [0.15, 0.2) is 5.96 Å². The van der Waals surface area contributed by atoms with Crippen molar-refractivity contribution in [3.63, 3.8) is 0 Å².